The number of hydrogen-bond acceptors (Lipinski definition) is 2. The number of nitrogens with one attached hydrogen (secondary N) is 1. The van der Waals surface area contributed by atoms with Gasteiger partial charge in [0, 0.05) is 18.9 Å². The second-order valence-electron chi connectivity index (χ2n) is 4.56. The highest BCUT2D eigenvalue weighted by molar-refractivity contribution is 5.77. The lowest BCUT2D eigenvalue weighted by atomic mass is 9.94. The molecule has 0 heterocycles. The lowest BCUT2D eigenvalue weighted by Gasteiger charge is -2.20. The number of carboxylic acids is 1. The first-order valence-electron chi connectivity index (χ1n) is 6.29. The van der Waals surface area contributed by atoms with E-state index in [2.05, 4.69) is 11.4 Å². The SMILES string of the molecule is C[C@H](NC(=O)CCCC(=O)O)C1=CCCCC1. The fourth-order valence-corrected chi connectivity index (χ4v) is 2.06. The molecule has 0 aromatic heterocycles. The predicted octanol–water partition coefficient (Wildman–Crippen LogP) is 2.25. The van der Waals surface area contributed by atoms with E-state index in [1.807, 2.05) is 6.92 Å². The maximum atomic E-state index is 11.5. The molecule has 0 saturated heterocycles. The second-order valence-corrected chi connectivity index (χ2v) is 4.56. The van der Waals surface area contributed by atoms with E-state index in [9.17, 15) is 9.59 Å². The van der Waals surface area contributed by atoms with E-state index in [-0.39, 0.29) is 18.4 Å². The van der Waals surface area contributed by atoms with Crippen LogP contribution < -0.4 is 5.32 Å². The second kappa shape index (κ2) is 7.09. The van der Waals surface area contributed by atoms with Gasteiger partial charge in [0.25, 0.3) is 0 Å². The molecule has 1 aliphatic carbocycles. The minimum absolute atomic E-state index is 0.0507. The maximum absolute atomic E-state index is 11.5. The Morgan fingerprint density at radius 1 is 1.41 bits per heavy atom. The maximum Gasteiger partial charge on any atom is 0.303 e. The van der Waals surface area contributed by atoms with Crippen molar-refractivity contribution < 1.29 is 14.7 Å². The van der Waals surface area contributed by atoms with Crippen LogP contribution >= 0.6 is 0 Å². The molecule has 0 fully saturated rings. The molecule has 0 radical (unpaired) electrons. The van der Waals surface area contributed by atoms with Crippen LogP contribution in [0.25, 0.3) is 0 Å². The Labute approximate surface area is 102 Å². The molecular formula is C13H21NO3. The highest BCUT2D eigenvalue weighted by atomic mass is 16.4. The molecule has 0 spiro atoms. The Morgan fingerprint density at radius 2 is 2.18 bits per heavy atom. The van der Waals surface area contributed by atoms with Crippen LogP contribution in [0.3, 0.4) is 0 Å². The molecule has 0 aliphatic heterocycles. The van der Waals surface area contributed by atoms with Gasteiger partial charge in [0.1, 0.15) is 0 Å². The molecule has 1 amide bonds. The molecule has 17 heavy (non-hydrogen) atoms. The lowest BCUT2D eigenvalue weighted by Crippen LogP contribution is -2.34. The molecule has 4 nitrogen and oxygen atoms in total. The minimum Gasteiger partial charge on any atom is -0.481 e. The van der Waals surface area contributed by atoms with Gasteiger partial charge in [-0.05, 0) is 39.0 Å². The van der Waals surface area contributed by atoms with Crippen LogP contribution in [0.4, 0.5) is 0 Å². The first-order valence-corrected chi connectivity index (χ1v) is 6.29. The van der Waals surface area contributed by atoms with Crippen LogP contribution in [-0.2, 0) is 9.59 Å². The number of carbonyl (C=O) groups excluding carboxylic acids is 1. The van der Waals surface area contributed by atoms with Gasteiger partial charge in [-0.15, -0.1) is 0 Å². The summed E-state index contributed by atoms with van der Waals surface area (Å²) in [5.74, 6) is -0.897. The Hall–Kier alpha value is -1.32. The summed E-state index contributed by atoms with van der Waals surface area (Å²) in [6.07, 6.45) is 7.59. The molecule has 0 aromatic carbocycles. The minimum atomic E-state index is -0.846. The van der Waals surface area contributed by atoms with E-state index in [0.717, 1.165) is 12.8 Å². The number of carbonyl (C=O) groups is 2. The summed E-state index contributed by atoms with van der Waals surface area (Å²) in [6, 6.07) is 0.0904. The zero-order chi connectivity index (χ0) is 12.7. The van der Waals surface area contributed by atoms with Crippen molar-refractivity contribution in [3.63, 3.8) is 0 Å². The average Bonchev–Trinajstić information content (AvgIpc) is 2.29. The third kappa shape index (κ3) is 5.52. The molecule has 1 rings (SSSR count). The first-order chi connectivity index (χ1) is 8.09. The number of carboxylic acid groups (broad SMARTS) is 1. The topological polar surface area (TPSA) is 66.4 Å². The molecule has 0 unspecified atom stereocenters. The zero-order valence-corrected chi connectivity index (χ0v) is 10.4. The molecule has 1 atom stereocenters. The van der Waals surface area contributed by atoms with Gasteiger partial charge in [-0.25, -0.2) is 0 Å². The van der Waals surface area contributed by atoms with Gasteiger partial charge in [-0.1, -0.05) is 11.6 Å². The summed E-state index contributed by atoms with van der Waals surface area (Å²) < 4.78 is 0. The quantitative estimate of drug-likeness (QED) is 0.699. The van der Waals surface area contributed by atoms with Crippen molar-refractivity contribution in [3.8, 4) is 0 Å². The molecule has 0 aromatic rings. The van der Waals surface area contributed by atoms with Crippen LogP contribution in [-0.4, -0.2) is 23.0 Å². The average molecular weight is 239 g/mol. The summed E-state index contributed by atoms with van der Waals surface area (Å²) in [5.41, 5.74) is 1.31. The Bertz CT molecular complexity index is 310. The fraction of sp³-hybridized carbons (Fsp3) is 0.692. The van der Waals surface area contributed by atoms with Crippen molar-refractivity contribution in [1.82, 2.24) is 5.32 Å². The van der Waals surface area contributed by atoms with Gasteiger partial charge in [-0.2, -0.15) is 0 Å². The highest BCUT2D eigenvalue weighted by Crippen LogP contribution is 2.20. The van der Waals surface area contributed by atoms with Gasteiger partial charge in [-0.3, -0.25) is 9.59 Å². The third-order valence-electron chi connectivity index (χ3n) is 3.05. The highest BCUT2D eigenvalue weighted by Gasteiger charge is 2.13. The number of allylic oxidation sites excluding steroid dienone is 1. The van der Waals surface area contributed by atoms with Crippen LogP contribution in [0.2, 0.25) is 0 Å². The van der Waals surface area contributed by atoms with E-state index in [0.29, 0.717) is 12.8 Å². The normalized spacial score (nSPS) is 17.1. The largest absolute Gasteiger partial charge is 0.481 e. The molecular weight excluding hydrogens is 218 g/mol. The van der Waals surface area contributed by atoms with Crippen LogP contribution in [0.15, 0.2) is 11.6 Å². The summed E-state index contributed by atoms with van der Waals surface area (Å²) in [4.78, 5) is 21.9. The lowest BCUT2D eigenvalue weighted by molar-refractivity contribution is -0.137. The van der Waals surface area contributed by atoms with E-state index in [1.165, 1.54) is 18.4 Å². The van der Waals surface area contributed by atoms with Gasteiger partial charge in [0.15, 0.2) is 0 Å². The number of aliphatic carboxylic acids is 1. The molecule has 1 aliphatic rings. The van der Waals surface area contributed by atoms with Gasteiger partial charge in [0.05, 0.1) is 0 Å². The van der Waals surface area contributed by atoms with Crippen molar-refractivity contribution in [3.05, 3.63) is 11.6 Å². The summed E-state index contributed by atoms with van der Waals surface area (Å²) in [7, 11) is 0. The molecule has 2 N–H and O–H groups in total. The van der Waals surface area contributed by atoms with Crippen molar-refractivity contribution in [2.75, 3.05) is 0 Å². The zero-order valence-electron chi connectivity index (χ0n) is 10.4. The monoisotopic (exact) mass is 239 g/mol. The van der Waals surface area contributed by atoms with Gasteiger partial charge in [0.2, 0.25) is 5.91 Å². The van der Waals surface area contributed by atoms with E-state index in [4.69, 9.17) is 5.11 Å². The summed E-state index contributed by atoms with van der Waals surface area (Å²) >= 11 is 0. The Balaban J connectivity index is 2.25. The van der Waals surface area contributed by atoms with Gasteiger partial charge < -0.3 is 10.4 Å². The molecule has 4 heteroatoms. The molecule has 0 bridgehead atoms. The smallest absolute Gasteiger partial charge is 0.303 e. The van der Waals surface area contributed by atoms with Crippen LogP contribution in [0.1, 0.15) is 51.9 Å². The Kier molecular flexibility index (Phi) is 5.73. The third-order valence-corrected chi connectivity index (χ3v) is 3.05. The first kappa shape index (κ1) is 13.7. The van der Waals surface area contributed by atoms with Crippen molar-refractivity contribution in [2.45, 2.75) is 57.9 Å². The van der Waals surface area contributed by atoms with E-state index >= 15 is 0 Å². The summed E-state index contributed by atoms with van der Waals surface area (Å²) in [6.45, 7) is 1.99. The van der Waals surface area contributed by atoms with E-state index < -0.39 is 5.97 Å². The number of amides is 1. The van der Waals surface area contributed by atoms with Crippen molar-refractivity contribution >= 4 is 11.9 Å². The van der Waals surface area contributed by atoms with Crippen molar-refractivity contribution in [2.24, 2.45) is 0 Å². The molecule has 0 saturated carbocycles. The fourth-order valence-electron chi connectivity index (χ4n) is 2.06. The van der Waals surface area contributed by atoms with Crippen molar-refractivity contribution in [1.29, 1.82) is 0 Å². The summed E-state index contributed by atoms with van der Waals surface area (Å²) in [5, 5.41) is 11.4. The van der Waals surface area contributed by atoms with Crippen LogP contribution in [0.5, 0.6) is 0 Å². The standard InChI is InChI=1S/C13H21NO3/c1-10(11-6-3-2-4-7-11)14-12(15)8-5-9-13(16)17/h6,10H,2-5,7-9H2,1H3,(H,14,15)(H,16,17)/t10-/m0/s1. The van der Waals surface area contributed by atoms with Crippen LogP contribution in [0, 0.1) is 0 Å². The Morgan fingerprint density at radius 3 is 2.76 bits per heavy atom. The number of hydrogen-bond donors (Lipinski definition) is 2. The van der Waals surface area contributed by atoms with Gasteiger partial charge >= 0.3 is 5.97 Å². The predicted molar refractivity (Wildman–Crippen MR) is 65.6 cm³/mol. The number of rotatable bonds is 6. The molecule has 96 valence electrons. The van der Waals surface area contributed by atoms with E-state index in [1.54, 1.807) is 0 Å².